The van der Waals surface area contributed by atoms with Crippen LogP contribution in [-0.2, 0) is 19.0 Å². The fourth-order valence-electron chi connectivity index (χ4n) is 2.82. The topological polar surface area (TPSA) is 70.8 Å². The third-order valence-corrected chi connectivity index (χ3v) is 3.96. The van der Waals surface area contributed by atoms with Gasteiger partial charge in [-0.1, -0.05) is 0 Å². The molecule has 2 fully saturated rings. The second-order valence-corrected chi connectivity index (χ2v) is 5.31. The van der Waals surface area contributed by atoms with E-state index in [-0.39, 0.29) is 17.3 Å². The molecule has 0 radical (unpaired) electrons. The zero-order chi connectivity index (χ0) is 13.0. The fourth-order valence-corrected chi connectivity index (χ4v) is 2.82. The zero-order valence-corrected chi connectivity index (χ0v) is 11.0. The van der Waals surface area contributed by atoms with E-state index in [2.05, 4.69) is 0 Å². The van der Waals surface area contributed by atoms with Crippen LogP contribution < -0.4 is 5.73 Å². The van der Waals surface area contributed by atoms with Gasteiger partial charge in [-0.2, -0.15) is 0 Å². The molecule has 0 aromatic carbocycles. The van der Waals surface area contributed by atoms with Crippen molar-refractivity contribution in [3.8, 4) is 0 Å². The zero-order valence-electron chi connectivity index (χ0n) is 11.0. The average Bonchev–Trinajstić information content (AvgIpc) is 2.83. The van der Waals surface area contributed by atoms with E-state index in [1.54, 1.807) is 7.11 Å². The summed E-state index contributed by atoms with van der Waals surface area (Å²) in [6, 6.07) is -0.410. The lowest BCUT2D eigenvalue weighted by Crippen LogP contribution is -2.46. The van der Waals surface area contributed by atoms with E-state index in [9.17, 15) is 4.79 Å². The van der Waals surface area contributed by atoms with Gasteiger partial charge in [-0.05, 0) is 19.3 Å². The Labute approximate surface area is 108 Å². The summed E-state index contributed by atoms with van der Waals surface area (Å²) in [5, 5.41) is 0. The van der Waals surface area contributed by atoms with Gasteiger partial charge in [-0.15, -0.1) is 0 Å². The van der Waals surface area contributed by atoms with E-state index in [1.165, 1.54) is 0 Å². The van der Waals surface area contributed by atoms with Crippen molar-refractivity contribution in [2.45, 2.75) is 37.3 Å². The number of ether oxygens (including phenoxy) is 3. The van der Waals surface area contributed by atoms with Crippen molar-refractivity contribution in [3.05, 3.63) is 0 Å². The molecule has 2 saturated heterocycles. The Bertz CT molecular complexity index is 289. The number of methoxy groups -OCH3 is 1. The fraction of sp³-hybridized carbons (Fsp3) is 0.923. The first kappa shape index (κ1) is 13.9. The number of hydrogen-bond donors (Lipinski definition) is 1. The van der Waals surface area contributed by atoms with Gasteiger partial charge in [0.15, 0.2) is 5.78 Å². The lowest BCUT2D eigenvalue weighted by molar-refractivity contribution is -0.138. The Morgan fingerprint density at radius 1 is 1.56 bits per heavy atom. The minimum atomic E-state index is -0.410. The molecule has 3 atom stereocenters. The highest BCUT2D eigenvalue weighted by Crippen LogP contribution is 2.36. The lowest BCUT2D eigenvalue weighted by Gasteiger charge is -2.37. The maximum atomic E-state index is 12.3. The van der Waals surface area contributed by atoms with Crippen molar-refractivity contribution in [2.24, 2.45) is 11.7 Å². The Balaban J connectivity index is 1.89. The molecule has 0 amide bonds. The number of carbonyl (C=O) groups excluding carboxylic acids is 1. The molecule has 2 aliphatic rings. The molecule has 2 rings (SSSR count). The summed E-state index contributed by atoms with van der Waals surface area (Å²) in [4.78, 5) is 12.3. The predicted molar refractivity (Wildman–Crippen MR) is 66.3 cm³/mol. The van der Waals surface area contributed by atoms with Crippen LogP contribution in [0.1, 0.15) is 25.7 Å². The molecule has 104 valence electrons. The van der Waals surface area contributed by atoms with Gasteiger partial charge in [0.2, 0.25) is 0 Å². The van der Waals surface area contributed by atoms with Crippen LogP contribution in [0.25, 0.3) is 0 Å². The summed E-state index contributed by atoms with van der Waals surface area (Å²) in [5.74, 6) is 0.175. The Hall–Kier alpha value is -0.490. The quantitative estimate of drug-likeness (QED) is 0.777. The first-order valence-electron chi connectivity index (χ1n) is 6.67. The molecule has 0 aliphatic carbocycles. The van der Waals surface area contributed by atoms with Crippen molar-refractivity contribution in [1.82, 2.24) is 0 Å². The van der Waals surface area contributed by atoms with Crippen molar-refractivity contribution >= 4 is 5.78 Å². The molecule has 1 spiro atoms. The van der Waals surface area contributed by atoms with Crippen LogP contribution in [0.2, 0.25) is 0 Å². The summed E-state index contributed by atoms with van der Waals surface area (Å²) in [7, 11) is 1.62. The molecule has 18 heavy (non-hydrogen) atoms. The van der Waals surface area contributed by atoms with Gasteiger partial charge < -0.3 is 19.9 Å². The van der Waals surface area contributed by atoms with Gasteiger partial charge in [-0.25, -0.2) is 0 Å². The van der Waals surface area contributed by atoms with Crippen LogP contribution in [0.15, 0.2) is 0 Å². The van der Waals surface area contributed by atoms with Crippen LogP contribution in [0.4, 0.5) is 0 Å². The predicted octanol–water partition coefficient (Wildman–Crippen LogP) is 0.505. The highest BCUT2D eigenvalue weighted by atomic mass is 16.6. The molecule has 5 heteroatoms. The van der Waals surface area contributed by atoms with E-state index in [0.29, 0.717) is 26.2 Å². The number of nitrogens with two attached hydrogens (primary N) is 1. The largest absolute Gasteiger partial charge is 0.385 e. The van der Waals surface area contributed by atoms with Crippen molar-refractivity contribution in [2.75, 3.05) is 33.5 Å². The minimum Gasteiger partial charge on any atom is -0.385 e. The van der Waals surface area contributed by atoms with E-state index < -0.39 is 6.04 Å². The van der Waals surface area contributed by atoms with Crippen LogP contribution in [-0.4, -0.2) is 51.0 Å². The molecule has 2 aliphatic heterocycles. The molecular formula is C13H23NO4. The Kier molecular flexibility index (Phi) is 4.72. The number of ketones is 1. The minimum absolute atomic E-state index is 0.0207. The van der Waals surface area contributed by atoms with E-state index in [0.717, 1.165) is 25.9 Å². The molecule has 0 saturated carbocycles. The van der Waals surface area contributed by atoms with Gasteiger partial charge in [0.1, 0.15) is 0 Å². The maximum Gasteiger partial charge on any atom is 0.152 e. The SMILES string of the molecule is COCCC(N)C(=O)C1CCOC2(CCOC2)C1. The van der Waals surface area contributed by atoms with Gasteiger partial charge in [0.25, 0.3) is 0 Å². The molecule has 3 unspecified atom stereocenters. The number of hydrogen-bond acceptors (Lipinski definition) is 5. The van der Waals surface area contributed by atoms with Gasteiger partial charge in [0, 0.05) is 39.3 Å². The lowest BCUT2D eigenvalue weighted by atomic mass is 9.81. The Morgan fingerprint density at radius 3 is 3.06 bits per heavy atom. The average molecular weight is 257 g/mol. The summed E-state index contributed by atoms with van der Waals surface area (Å²) >= 11 is 0. The number of carbonyl (C=O) groups is 1. The van der Waals surface area contributed by atoms with Crippen LogP contribution >= 0.6 is 0 Å². The van der Waals surface area contributed by atoms with Gasteiger partial charge in [0.05, 0.1) is 18.2 Å². The summed E-state index contributed by atoms with van der Waals surface area (Å²) in [6.07, 6.45) is 3.02. The summed E-state index contributed by atoms with van der Waals surface area (Å²) in [5.41, 5.74) is 5.70. The number of rotatable bonds is 5. The molecular weight excluding hydrogens is 234 g/mol. The molecule has 0 bridgehead atoms. The molecule has 0 aromatic rings. The van der Waals surface area contributed by atoms with E-state index in [1.807, 2.05) is 0 Å². The van der Waals surface area contributed by atoms with Crippen molar-refractivity contribution in [3.63, 3.8) is 0 Å². The first-order valence-corrected chi connectivity index (χ1v) is 6.67. The van der Waals surface area contributed by atoms with Crippen molar-refractivity contribution in [1.29, 1.82) is 0 Å². The van der Waals surface area contributed by atoms with E-state index >= 15 is 0 Å². The van der Waals surface area contributed by atoms with Crippen LogP contribution in [0, 0.1) is 5.92 Å². The molecule has 2 N–H and O–H groups in total. The van der Waals surface area contributed by atoms with Gasteiger partial charge >= 0.3 is 0 Å². The highest BCUT2D eigenvalue weighted by molar-refractivity contribution is 5.86. The third kappa shape index (κ3) is 3.09. The normalized spacial score (nSPS) is 33.8. The van der Waals surface area contributed by atoms with E-state index in [4.69, 9.17) is 19.9 Å². The van der Waals surface area contributed by atoms with Crippen molar-refractivity contribution < 1.29 is 19.0 Å². The molecule has 5 nitrogen and oxygen atoms in total. The highest BCUT2D eigenvalue weighted by Gasteiger charge is 2.43. The smallest absolute Gasteiger partial charge is 0.152 e. The van der Waals surface area contributed by atoms with Gasteiger partial charge in [-0.3, -0.25) is 4.79 Å². The molecule has 0 aromatic heterocycles. The second kappa shape index (κ2) is 6.10. The van der Waals surface area contributed by atoms with Crippen LogP contribution in [0.3, 0.4) is 0 Å². The summed E-state index contributed by atoms with van der Waals surface area (Å²) in [6.45, 7) is 2.52. The molecule has 2 heterocycles. The second-order valence-electron chi connectivity index (χ2n) is 5.31. The monoisotopic (exact) mass is 257 g/mol. The third-order valence-electron chi connectivity index (χ3n) is 3.96. The maximum absolute atomic E-state index is 12.3. The van der Waals surface area contributed by atoms with Crippen LogP contribution in [0.5, 0.6) is 0 Å². The number of Topliss-reactive ketones (excluding diaryl/α,β-unsaturated/α-hetero) is 1. The summed E-state index contributed by atoms with van der Waals surface area (Å²) < 4.78 is 16.2. The Morgan fingerprint density at radius 2 is 2.39 bits per heavy atom. The first-order chi connectivity index (χ1) is 8.67. The standard InChI is InChI=1S/C13H23NO4/c1-16-5-3-11(14)12(15)10-2-6-18-13(8-10)4-7-17-9-13/h10-11H,2-9,14H2,1H3.